The Morgan fingerprint density at radius 2 is 1.62 bits per heavy atom. The van der Waals surface area contributed by atoms with Crippen LogP contribution in [0.3, 0.4) is 0 Å². The fraction of sp³-hybridized carbons (Fsp3) is 0.200. The summed E-state index contributed by atoms with van der Waals surface area (Å²) in [5, 5.41) is 17.4. The zero-order chi connectivity index (χ0) is 12.1. The van der Waals surface area contributed by atoms with Crippen molar-refractivity contribution >= 4 is 33.6 Å². The van der Waals surface area contributed by atoms with Gasteiger partial charge in [0.25, 0.3) is 0 Å². The third-order valence-electron chi connectivity index (χ3n) is 1.85. The van der Waals surface area contributed by atoms with Crippen molar-refractivity contribution in [2.24, 2.45) is 0 Å². The number of para-hydroxylation sites is 1. The lowest BCUT2D eigenvalue weighted by Crippen LogP contribution is -2.34. The van der Waals surface area contributed by atoms with Gasteiger partial charge in [0.15, 0.2) is 0 Å². The Balaban J connectivity index is 2.96. The van der Waals surface area contributed by atoms with E-state index in [2.05, 4.69) is 15.9 Å². The molecule has 0 fully saturated rings. The number of carbonyl (C=O) groups is 2. The van der Waals surface area contributed by atoms with Crippen molar-refractivity contribution in [1.29, 1.82) is 0 Å². The minimum atomic E-state index is -1.07. The molecule has 0 aromatic heterocycles. The van der Waals surface area contributed by atoms with Crippen LogP contribution in [0, 0.1) is 0 Å². The topological polar surface area (TPSA) is 77.8 Å². The summed E-state index contributed by atoms with van der Waals surface area (Å²) in [4.78, 5) is 22.5. The van der Waals surface area contributed by atoms with E-state index in [0.717, 1.165) is 0 Å². The molecule has 0 saturated carbocycles. The van der Waals surface area contributed by atoms with Gasteiger partial charge in [-0.25, -0.2) is 0 Å². The van der Waals surface area contributed by atoms with Gasteiger partial charge in [-0.2, -0.15) is 0 Å². The Labute approximate surface area is 100 Å². The second kappa shape index (κ2) is 5.50. The van der Waals surface area contributed by atoms with Gasteiger partial charge in [0, 0.05) is 4.47 Å². The Morgan fingerprint density at radius 3 is 2.06 bits per heavy atom. The summed E-state index contributed by atoms with van der Waals surface area (Å²) in [6.45, 7) is -0.705. The van der Waals surface area contributed by atoms with Gasteiger partial charge in [0.05, 0.1) is 5.69 Å². The first-order chi connectivity index (χ1) is 7.50. The number of halogens is 1. The standard InChI is InChI=1S/C10H10BrNO4/c11-7-3-1-2-4-8(7)12(5-9(13)14)6-10(15)16/h1-4H,5-6H2,(H,13,14)(H,15,16). The first-order valence-electron chi connectivity index (χ1n) is 4.43. The van der Waals surface area contributed by atoms with Gasteiger partial charge in [0.1, 0.15) is 13.1 Å². The maximum absolute atomic E-state index is 10.6. The van der Waals surface area contributed by atoms with Crippen molar-refractivity contribution in [3.8, 4) is 0 Å². The molecule has 1 aromatic carbocycles. The minimum Gasteiger partial charge on any atom is -0.480 e. The number of benzene rings is 1. The highest BCUT2D eigenvalue weighted by atomic mass is 79.9. The van der Waals surface area contributed by atoms with Gasteiger partial charge < -0.3 is 15.1 Å². The van der Waals surface area contributed by atoms with E-state index in [1.54, 1.807) is 24.3 Å². The van der Waals surface area contributed by atoms with Gasteiger partial charge in [-0.3, -0.25) is 9.59 Å². The predicted molar refractivity (Wildman–Crippen MR) is 61.6 cm³/mol. The predicted octanol–water partition coefficient (Wildman–Crippen LogP) is 1.42. The molecule has 0 radical (unpaired) electrons. The maximum atomic E-state index is 10.6. The smallest absolute Gasteiger partial charge is 0.323 e. The highest BCUT2D eigenvalue weighted by Crippen LogP contribution is 2.25. The second-order valence-electron chi connectivity index (χ2n) is 3.09. The number of anilines is 1. The molecule has 0 aliphatic heterocycles. The lowest BCUT2D eigenvalue weighted by Gasteiger charge is -2.21. The van der Waals surface area contributed by atoms with Gasteiger partial charge in [-0.05, 0) is 28.1 Å². The fourth-order valence-corrected chi connectivity index (χ4v) is 1.80. The van der Waals surface area contributed by atoms with Crippen LogP contribution in [-0.2, 0) is 9.59 Å². The molecule has 86 valence electrons. The second-order valence-corrected chi connectivity index (χ2v) is 3.95. The molecular weight excluding hydrogens is 278 g/mol. The summed E-state index contributed by atoms with van der Waals surface area (Å²) in [6.07, 6.45) is 0. The molecule has 0 aliphatic carbocycles. The van der Waals surface area contributed by atoms with E-state index in [-0.39, 0.29) is 13.1 Å². The molecule has 1 aromatic rings. The third-order valence-corrected chi connectivity index (χ3v) is 2.52. The quantitative estimate of drug-likeness (QED) is 0.857. The van der Waals surface area contributed by atoms with Crippen molar-refractivity contribution in [2.45, 2.75) is 0 Å². The van der Waals surface area contributed by atoms with Gasteiger partial charge in [-0.1, -0.05) is 12.1 Å². The number of rotatable bonds is 5. The van der Waals surface area contributed by atoms with Crippen molar-refractivity contribution in [3.05, 3.63) is 28.7 Å². The fourth-order valence-electron chi connectivity index (χ4n) is 1.26. The van der Waals surface area contributed by atoms with Crippen LogP contribution in [0.25, 0.3) is 0 Å². The van der Waals surface area contributed by atoms with Crippen LogP contribution in [0.1, 0.15) is 0 Å². The van der Waals surface area contributed by atoms with E-state index in [1.807, 2.05) is 0 Å². The van der Waals surface area contributed by atoms with Crippen molar-refractivity contribution < 1.29 is 19.8 Å². The van der Waals surface area contributed by atoms with Crippen LogP contribution in [-0.4, -0.2) is 35.2 Å². The van der Waals surface area contributed by atoms with Crippen molar-refractivity contribution in [2.75, 3.05) is 18.0 Å². The molecule has 1 rings (SSSR count). The summed E-state index contributed by atoms with van der Waals surface area (Å²) < 4.78 is 0.664. The monoisotopic (exact) mass is 287 g/mol. The van der Waals surface area contributed by atoms with Crippen molar-refractivity contribution in [3.63, 3.8) is 0 Å². The van der Waals surface area contributed by atoms with E-state index >= 15 is 0 Å². The lowest BCUT2D eigenvalue weighted by molar-refractivity contribution is -0.136. The molecule has 5 nitrogen and oxygen atoms in total. The van der Waals surface area contributed by atoms with Crippen LogP contribution in [0.15, 0.2) is 28.7 Å². The number of carboxylic acid groups (broad SMARTS) is 2. The SMILES string of the molecule is O=C(O)CN(CC(=O)O)c1ccccc1Br. The number of hydrogen-bond acceptors (Lipinski definition) is 3. The zero-order valence-corrected chi connectivity index (χ0v) is 9.85. The number of aliphatic carboxylic acids is 2. The maximum Gasteiger partial charge on any atom is 0.323 e. The molecule has 16 heavy (non-hydrogen) atoms. The molecule has 0 spiro atoms. The molecule has 2 N–H and O–H groups in total. The molecule has 0 amide bonds. The Kier molecular flexibility index (Phi) is 4.30. The Bertz CT molecular complexity index is 392. The summed E-state index contributed by atoms with van der Waals surface area (Å²) in [5.41, 5.74) is 0.548. The molecule has 6 heteroatoms. The number of carboxylic acids is 2. The van der Waals surface area contributed by atoms with Gasteiger partial charge in [-0.15, -0.1) is 0 Å². The van der Waals surface area contributed by atoms with Crippen LogP contribution in [0.4, 0.5) is 5.69 Å². The average molecular weight is 288 g/mol. The first kappa shape index (κ1) is 12.5. The van der Waals surface area contributed by atoms with E-state index < -0.39 is 11.9 Å². The highest BCUT2D eigenvalue weighted by molar-refractivity contribution is 9.10. The summed E-state index contributed by atoms with van der Waals surface area (Å²) in [6, 6.07) is 6.88. The highest BCUT2D eigenvalue weighted by Gasteiger charge is 2.15. The molecule has 0 bridgehead atoms. The van der Waals surface area contributed by atoms with E-state index in [9.17, 15) is 9.59 Å². The first-order valence-corrected chi connectivity index (χ1v) is 5.23. The van der Waals surface area contributed by atoms with E-state index in [1.165, 1.54) is 4.90 Å². The van der Waals surface area contributed by atoms with Gasteiger partial charge >= 0.3 is 11.9 Å². The normalized spacial score (nSPS) is 9.81. The summed E-state index contributed by atoms with van der Waals surface area (Å²) in [7, 11) is 0. The molecule has 0 saturated heterocycles. The van der Waals surface area contributed by atoms with Crippen LogP contribution in [0.2, 0.25) is 0 Å². The molecular formula is C10H10BrNO4. The van der Waals surface area contributed by atoms with E-state index in [4.69, 9.17) is 10.2 Å². The van der Waals surface area contributed by atoms with Crippen LogP contribution in [0.5, 0.6) is 0 Å². The minimum absolute atomic E-state index is 0.352. The molecule has 0 unspecified atom stereocenters. The van der Waals surface area contributed by atoms with Crippen molar-refractivity contribution in [1.82, 2.24) is 0 Å². The van der Waals surface area contributed by atoms with E-state index in [0.29, 0.717) is 10.2 Å². The van der Waals surface area contributed by atoms with Crippen LogP contribution >= 0.6 is 15.9 Å². The number of nitrogens with zero attached hydrogens (tertiary/aromatic N) is 1. The number of hydrogen-bond donors (Lipinski definition) is 2. The molecule has 0 heterocycles. The zero-order valence-electron chi connectivity index (χ0n) is 8.26. The molecule has 0 aliphatic rings. The van der Waals surface area contributed by atoms with Crippen LogP contribution < -0.4 is 4.90 Å². The summed E-state index contributed by atoms with van der Waals surface area (Å²) in [5.74, 6) is -2.14. The van der Waals surface area contributed by atoms with Gasteiger partial charge in [0.2, 0.25) is 0 Å². The Morgan fingerprint density at radius 1 is 1.12 bits per heavy atom. The third kappa shape index (κ3) is 3.54. The average Bonchev–Trinajstić information content (AvgIpc) is 2.15. The molecule has 0 atom stereocenters. The largest absolute Gasteiger partial charge is 0.480 e. The lowest BCUT2D eigenvalue weighted by atomic mass is 10.3. The summed E-state index contributed by atoms with van der Waals surface area (Å²) >= 11 is 3.25. The Hall–Kier alpha value is -1.56.